The van der Waals surface area contributed by atoms with Crippen molar-refractivity contribution in [2.24, 2.45) is 0 Å². The number of hydrogen-bond donors (Lipinski definition) is 0. The van der Waals surface area contributed by atoms with Gasteiger partial charge >= 0.3 is 0 Å². The summed E-state index contributed by atoms with van der Waals surface area (Å²) < 4.78 is 0.156. The molecule has 0 aliphatic heterocycles. The van der Waals surface area contributed by atoms with Gasteiger partial charge in [-0.3, -0.25) is 4.98 Å². The Morgan fingerprint density at radius 1 is 1.47 bits per heavy atom. The summed E-state index contributed by atoms with van der Waals surface area (Å²) in [4.78, 5) is 4.20. The summed E-state index contributed by atoms with van der Waals surface area (Å²) in [6.07, 6.45) is 8.55. The van der Waals surface area contributed by atoms with E-state index in [1.807, 2.05) is 42.0 Å². The van der Waals surface area contributed by atoms with Gasteiger partial charge in [-0.25, -0.2) is 0 Å². The predicted molar refractivity (Wildman–Crippen MR) is 72.5 cm³/mol. The minimum Gasteiger partial charge on any atom is -0.264 e. The molecule has 1 unspecified atom stereocenters. The van der Waals surface area contributed by atoms with Crippen molar-refractivity contribution in [3.8, 4) is 0 Å². The number of aromatic nitrogens is 1. The summed E-state index contributed by atoms with van der Waals surface area (Å²) in [7, 11) is 0. The lowest BCUT2D eigenvalue weighted by Gasteiger charge is -2.27. The molecule has 1 aromatic rings. The van der Waals surface area contributed by atoms with E-state index in [1.54, 1.807) is 0 Å². The Bertz CT molecular complexity index is 276. The first-order valence-corrected chi connectivity index (χ1v) is 7.53. The largest absolute Gasteiger partial charge is 0.264 e. The van der Waals surface area contributed by atoms with Gasteiger partial charge in [-0.05, 0) is 37.0 Å². The van der Waals surface area contributed by atoms with Gasteiger partial charge in [0, 0.05) is 12.4 Å². The fraction of sp³-hybridized carbons (Fsp3) is 0.583. The van der Waals surface area contributed by atoms with Crippen LogP contribution in [0.5, 0.6) is 0 Å². The van der Waals surface area contributed by atoms with Gasteiger partial charge in [0.2, 0.25) is 0 Å². The molecule has 1 rings (SSSR count). The molecule has 0 spiro atoms. The van der Waals surface area contributed by atoms with E-state index in [0.29, 0.717) is 0 Å². The number of thioether (sulfide) groups is 2. The number of unbranched alkanes of at least 4 members (excludes halogenated alkanes) is 1. The first-order chi connectivity index (χ1) is 7.23. The van der Waals surface area contributed by atoms with Crippen LogP contribution in [-0.2, 0) is 4.08 Å². The fourth-order valence-electron chi connectivity index (χ4n) is 1.30. The second kappa shape index (κ2) is 6.44. The van der Waals surface area contributed by atoms with Gasteiger partial charge in [-0.15, -0.1) is 23.5 Å². The molecule has 0 aliphatic rings. The number of nitrogens with zero attached hydrogens (tertiary/aromatic N) is 1. The molecular weight excluding hydrogens is 222 g/mol. The van der Waals surface area contributed by atoms with Crippen LogP contribution in [0, 0.1) is 0 Å². The van der Waals surface area contributed by atoms with E-state index in [9.17, 15) is 0 Å². The van der Waals surface area contributed by atoms with E-state index in [-0.39, 0.29) is 4.08 Å². The predicted octanol–water partition coefficient (Wildman–Crippen LogP) is 4.15. The summed E-state index contributed by atoms with van der Waals surface area (Å²) in [5.41, 5.74) is 1.32. The Kier molecular flexibility index (Phi) is 5.54. The topological polar surface area (TPSA) is 12.9 Å². The maximum atomic E-state index is 4.20. The molecule has 0 N–H and O–H groups in total. The lowest BCUT2D eigenvalue weighted by molar-refractivity contribution is 0.887. The minimum atomic E-state index is 0.156. The third-order valence-electron chi connectivity index (χ3n) is 2.45. The summed E-state index contributed by atoms with van der Waals surface area (Å²) in [5, 5.41) is 0. The molecule has 0 amide bonds. The highest BCUT2D eigenvalue weighted by Crippen LogP contribution is 2.44. The molecular formula is C12H19NS2. The summed E-state index contributed by atoms with van der Waals surface area (Å²) in [6, 6.07) is 4.19. The second-order valence-corrected chi connectivity index (χ2v) is 6.59. The van der Waals surface area contributed by atoms with Crippen LogP contribution in [0.15, 0.2) is 24.5 Å². The molecule has 0 fully saturated rings. The zero-order valence-electron chi connectivity index (χ0n) is 9.69. The highest BCUT2D eigenvalue weighted by Gasteiger charge is 2.25. The Balaban J connectivity index is 2.67. The molecule has 1 heterocycles. The van der Waals surface area contributed by atoms with Crippen LogP contribution in [0.2, 0.25) is 0 Å². The van der Waals surface area contributed by atoms with Crippen molar-refractivity contribution in [3.63, 3.8) is 0 Å². The van der Waals surface area contributed by atoms with Gasteiger partial charge in [0.1, 0.15) is 0 Å². The average Bonchev–Trinajstić information content (AvgIpc) is 2.30. The number of rotatable bonds is 6. The van der Waals surface area contributed by atoms with Crippen LogP contribution in [0.25, 0.3) is 0 Å². The number of hydrogen-bond acceptors (Lipinski definition) is 3. The maximum Gasteiger partial charge on any atom is 0.0844 e. The van der Waals surface area contributed by atoms with E-state index < -0.39 is 0 Å². The molecule has 0 aromatic carbocycles. The Hall–Kier alpha value is -0.150. The molecule has 1 atom stereocenters. The van der Waals surface area contributed by atoms with E-state index in [4.69, 9.17) is 0 Å². The minimum absolute atomic E-state index is 0.156. The van der Waals surface area contributed by atoms with Crippen molar-refractivity contribution >= 4 is 23.5 Å². The second-order valence-electron chi connectivity index (χ2n) is 3.59. The SMILES string of the molecule is CCCCSC(C)(SC)c1cccnc1. The van der Waals surface area contributed by atoms with Crippen molar-refractivity contribution in [1.29, 1.82) is 0 Å². The molecule has 1 aromatic heterocycles. The lowest BCUT2D eigenvalue weighted by atomic mass is 10.2. The molecule has 3 heteroatoms. The standard InChI is InChI=1S/C12H19NS2/c1-4-5-9-15-12(2,14-3)11-7-6-8-13-10-11/h6-8,10H,4-5,9H2,1-3H3. The zero-order chi connectivity index (χ0) is 11.1. The van der Waals surface area contributed by atoms with Crippen molar-refractivity contribution in [2.75, 3.05) is 12.0 Å². The first-order valence-electron chi connectivity index (χ1n) is 5.32. The van der Waals surface area contributed by atoms with Crippen LogP contribution >= 0.6 is 23.5 Å². The quantitative estimate of drug-likeness (QED) is 0.548. The average molecular weight is 241 g/mol. The maximum absolute atomic E-state index is 4.20. The molecule has 1 nitrogen and oxygen atoms in total. The van der Waals surface area contributed by atoms with Crippen molar-refractivity contribution < 1.29 is 0 Å². The van der Waals surface area contributed by atoms with Crippen LogP contribution in [-0.4, -0.2) is 17.0 Å². The van der Waals surface area contributed by atoms with Gasteiger partial charge in [-0.1, -0.05) is 19.4 Å². The Morgan fingerprint density at radius 2 is 2.27 bits per heavy atom. The van der Waals surface area contributed by atoms with Crippen LogP contribution in [0.1, 0.15) is 32.3 Å². The van der Waals surface area contributed by atoms with E-state index in [0.717, 1.165) is 0 Å². The van der Waals surface area contributed by atoms with Gasteiger partial charge < -0.3 is 0 Å². The molecule has 0 saturated carbocycles. The van der Waals surface area contributed by atoms with Crippen molar-refractivity contribution in [2.45, 2.75) is 30.8 Å². The molecule has 15 heavy (non-hydrogen) atoms. The van der Waals surface area contributed by atoms with Crippen LogP contribution in [0.4, 0.5) is 0 Å². The molecule has 0 saturated heterocycles. The third-order valence-corrected chi connectivity index (χ3v) is 5.60. The molecule has 84 valence electrons. The molecule has 0 bridgehead atoms. The third kappa shape index (κ3) is 3.72. The highest BCUT2D eigenvalue weighted by atomic mass is 32.2. The normalized spacial score (nSPS) is 14.9. The highest BCUT2D eigenvalue weighted by molar-refractivity contribution is 8.17. The van der Waals surface area contributed by atoms with Gasteiger partial charge in [0.15, 0.2) is 0 Å². The van der Waals surface area contributed by atoms with Gasteiger partial charge in [0.05, 0.1) is 4.08 Å². The molecule has 0 aliphatic carbocycles. The smallest absolute Gasteiger partial charge is 0.0844 e. The van der Waals surface area contributed by atoms with Crippen LogP contribution < -0.4 is 0 Å². The number of pyridine rings is 1. The van der Waals surface area contributed by atoms with Crippen LogP contribution in [0.3, 0.4) is 0 Å². The summed E-state index contributed by atoms with van der Waals surface area (Å²) in [6.45, 7) is 4.52. The first kappa shape index (κ1) is 12.9. The van der Waals surface area contributed by atoms with E-state index in [2.05, 4.69) is 31.2 Å². The lowest BCUT2D eigenvalue weighted by Crippen LogP contribution is -2.13. The van der Waals surface area contributed by atoms with Crippen molar-refractivity contribution in [3.05, 3.63) is 30.1 Å². The Morgan fingerprint density at radius 3 is 2.80 bits per heavy atom. The van der Waals surface area contributed by atoms with Gasteiger partial charge in [-0.2, -0.15) is 0 Å². The fourth-order valence-corrected chi connectivity index (χ4v) is 3.49. The Labute approximate surface area is 101 Å². The van der Waals surface area contributed by atoms with E-state index in [1.165, 1.54) is 24.2 Å². The van der Waals surface area contributed by atoms with Crippen molar-refractivity contribution in [1.82, 2.24) is 4.98 Å². The van der Waals surface area contributed by atoms with Gasteiger partial charge in [0.25, 0.3) is 0 Å². The summed E-state index contributed by atoms with van der Waals surface area (Å²) >= 11 is 3.92. The summed E-state index contributed by atoms with van der Waals surface area (Å²) in [5.74, 6) is 1.22. The molecule has 0 radical (unpaired) electrons. The van der Waals surface area contributed by atoms with E-state index >= 15 is 0 Å². The monoisotopic (exact) mass is 241 g/mol. The zero-order valence-corrected chi connectivity index (χ0v) is 11.3.